The van der Waals surface area contributed by atoms with Crippen molar-refractivity contribution in [1.29, 1.82) is 0 Å². The molecule has 2 nitrogen and oxygen atoms in total. The summed E-state index contributed by atoms with van der Waals surface area (Å²) in [6.45, 7) is 0. The minimum absolute atomic E-state index is 0.143. The number of alkyl halides is 3. The van der Waals surface area contributed by atoms with Crippen LogP contribution in [0.15, 0.2) is 28.7 Å². The second-order valence-electron chi connectivity index (χ2n) is 3.65. The lowest BCUT2D eigenvalue weighted by atomic mass is 9.96. The van der Waals surface area contributed by atoms with Gasteiger partial charge in [0.1, 0.15) is 0 Å². The molecule has 1 atom stereocenters. The van der Waals surface area contributed by atoms with Crippen molar-refractivity contribution in [3.8, 4) is 0 Å². The van der Waals surface area contributed by atoms with Gasteiger partial charge in [0.2, 0.25) is 0 Å². The molecule has 0 bridgehead atoms. The van der Waals surface area contributed by atoms with E-state index in [4.69, 9.17) is 5.11 Å². The third-order valence-electron chi connectivity index (χ3n) is 2.25. The van der Waals surface area contributed by atoms with E-state index in [-0.39, 0.29) is 6.42 Å². The van der Waals surface area contributed by atoms with E-state index < -0.39 is 24.5 Å². The van der Waals surface area contributed by atoms with Gasteiger partial charge in [0.15, 0.2) is 0 Å². The molecule has 1 unspecified atom stereocenters. The number of carboxylic acids is 1. The fourth-order valence-electron chi connectivity index (χ4n) is 1.46. The van der Waals surface area contributed by atoms with Crippen LogP contribution in [-0.4, -0.2) is 17.3 Å². The Morgan fingerprint density at radius 3 is 2.41 bits per heavy atom. The van der Waals surface area contributed by atoms with E-state index in [1.165, 1.54) is 0 Å². The van der Waals surface area contributed by atoms with E-state index in [1.54, 1.807) is 24.3 Å². The highest BCUT2D eigenvalue weighted by molar-refractivity contribution is 9.10. The van der Waals surface area contributed by atoms with Gasteiger partial charge in [0, 0.05) is 4.47 Å². The molecule has 94 valence electrons. The van der Waals surface area contributed by atoms with Crippen LogP contribution in [0.1, 0.15) is 12.0 Å². The van der Waals surface area contributed by atoms with Gasteiger partial charge >= 0.3 is 12.1 Å². The number of carbonyl (C=O) groups is 1. The Morgan fingerprint density at radius 2 is 1.94 bits per heavy atom. The van der Waals surface area contributed by atoms with Gasteiger partial charge in [0.25, 0.3) is 0 Å². The molecule has 0 saturated carbocycles. The van der Waals surface area contributed by atoms with Gasteiger partial charge in [-0.25, -0.2) is 0 Å². The van der Waals surface area contributed by atoms with Gasteiger partial charge in [-0.05, 0) is 18.1 Å². The zero-order valence-electron chi connectivity index (χ0n) is 8.67. The van der Waals surface area contributed by atoms with Crippen molar-refractivity contribution < 1.29 is 23.1 Å². The minimum atomic E-state index is -4.47. The van der Waals surface area contributed by atoms with Gasteiger partial charge < -0.3 is 5.11 Å². The predicted molar refractivity (Wildman–Crippen MR) is 59.6 cm³/mol. The largest absolute Gasteiger partial charge is 0.481 e. The van der Waals surface area contributed by atoms with Crippen molar-refractivity contribution in [2.45, 2.75) is 19.0 Å². The first-order chi connectivity index (χ1) is 7.79. The molecule has 6 heteroatoms. The standard InChI is InChI=1S/C11H10BrF3O2/c12-9-4-2-1-3-7(9)5-8(10(16)17)6-11(13,14)15/h1-4,8H,5-6H2,(H,16,17). The quantitative estimate of drug-likeness (QED) is 0.921. The second kappa shape index (κ2) is 5.53. The van der Waals surface area contributed by atoms with Crippen molar-refractivity contribution in [2.24, 2.45) is 5.92 Å². The molecule has 1 N–H and O–H groups in total. The maximum atomic E-state index is 12.2. The van der Waals surface area contributed by atoms with Crippen LogP contribution < -0.4 is 0 Å². The number of aliphatic carboxylic acids is 1. The fourth-order valence-corrected chi connectivity index (χ4v) is 1.90. The van der Waals surface area contributed by atoms with Crippen LogP contribution in [0.5, 0.6) is 0 Å². The van der Waals surface area contributed by atoms with Gasteiger partial charge in [-0.15, -0.1) is 0 Å². The topological polar surface area (TPSA) is 37.3 Å². The van der Waals surface area contributed by atoms with E-state index in [1.807, 2.05) is 0 Å². The zero-order chi connectivity index (χ0) is 13.1. The van der Waals surface area contributed by atoms with Crippen LogP contribution in [0, 0.1) is 5.92 Å². The molecule has 0 fully saturated rings. The maximum absolute atomic E-state index is 12.2. The monoisotopic (exact) mass is 310 g/mol. The average Bonchev–Trinajstić information content (AvgIpc) is 2.18. The van der Waals surface area contributed by atoms with Gasteiger partial charge in [-0.1, -0.05) is 34.1 Å². The third-order valence-corrected chi connectivity index (χ3v) is 3.02. The van der Waals surface area contributed by atoms with Crippen molar-refractivity contribution in [3.05, 3.63) is 34.3 Å². The molecule has 0 heterocycles. The molecule has 0 aliphatic heterocycles. The molecule has 0 aliphatic rings. The first-order valence-electron chi connectivity index (χ1n) is 4.82. The molecule has 0 aliphatic carbocycles. The Bertz CT molecular complexity index is 404. The van der Waals surface area contributed by atoms with E-state index in [0.29, 0.717) is 10.0 Å². The number of rotatable bonds is 4. The molecular weight excluding hydrogens is 301 g/mol. The van der Waals surface area contributed by atoms with Crippen LogP contribution >= 0.6 is 15.9 Å². The Hall–Kier alpha value is -1.04. The molecule has 0 radical (unpaired) electrons. The number of hydrogen-bond donors (Lipinski definition) is 1. The number of benzene rings is 1. The van der Waals surface area contributed by atoms with E-state index >= 15 is 0 Å². The molecule has 17 heavy (non-hydrogen) atoms. The summed E-state index contributed by atoms with van der Waals surface area (Å²) in [4.78, 5) is 10.8. The number of hydrogen-bond acceptors (Lipinski definition) is 1. The van der Waals surface area contributed by atoms with Crippen molar-refractivity contribution in [1.82, 2.24) is 0 Å². The molecular formula is C11H10BrF3O2. The van der Waals surface area contributed by atoms with Crippen LogP contribution in [0.3, 0.4) is 0 Å². The molecule has 0 saturated heterocycles. The summed E-state index contributed by atoms with van der Waals surface area (Å²) in [6.07, 6.45) is -5.93. The van der Waals surface area contributed by atoms with Crippen LogP contribution in [0.4, 0.5) is 13.2 Å². The average molecular weight is 311 g/mol. The lowest BCUT2D eigenvalue weighted by molar-refractivity contribution is -0.163. The summed E-state index contributed by atoms with van der Waals surface area (Å²) in [6, 6.07) is 6.65. The molecule has 1 aromatic rings. The summed E-state index contributed by atoms with van der Waals surface area (Å²) in [5.41, 5.74) is 0.559. The molecule has 0 spiro atoms. The second-order valence-corrected chi connectivity index (χ2v) is 4.50. The summed E-state index contributed by atoms with van der Waals surface area (Å²) in [5, 5.41) is 8.77. The first kappa shape index (κ1) is 14.0. The van der Waals surface area contributed by atoms with E-state index in [2.05, 4.69) is 15.9 Å². The Morgan fingerprint density at radius 1 is 1.35 bits per heavy atom. The first-order valence-corrected chi connectivity index (χ1v) is 5.62. The molecule has 1 aromatic carbocycles. The summed E-state index contributed by atoms with van der Waals surface area (Å²) < 4.78 is 37.2. The van der Waals surface area contributed by atoms with Crippen LogP contribution in [0.2, 0.25) is 0 Å². The Labute approximate surface area is 105 Å². The molecule has 1 rings (SSSR count). The van der Waals surface area contributed by atoms with Crippen LogP contribution in [-0.2, 0) is 11.2 Å². The van der Waals surface area contributed by atoms with E-state index in [9.17, 15) is 18.0 Å². The van der Waals surface area contributed by atoms with Gasteiger partial charge in [-0.3, -0.25) is 4.79 Å². The van der Waals surface area contributed by atoms with E-state index in [0.717, 1.165) is 0 Å². The highest BCUT2D eigenvalue weighted by Gasteiger charge is 2.35. The number of carboxylic acid groups (broad SMARTS) is 1. The maximum Gasteiger partial charge on any atom is 0.389 e. The summed E-state index contributed by atoms with van der Waals surface area (Å²) >= 11 is 3.18. The normalized spacial score (nSPS) is 13.4. The summed E-state index contributed by atoms with van der Waals surface area (Å²) in [7, 11) is 0. The SMILES string of the molecule is O=C(O)C(Cc1ccccc1Br)CC(F)(F)F. The highest BCUT2D eigenvalue weighted by Crippen LogP contribution is 2.29. The zero-order valence-corrected chi connectivity index (χ0v) is 10.3. The smallest absolute Gasteiger partial charge is 0.389 e. The lowest BCUT2D eigenvalue weighted by Crippen LogP contribution is -2.24. The highest BCUT2D eigenvalue weighted by atomic mass is 79.9. The molecule has 0 amide bonds. The minimum Gasteiger partial charge on any atom is -0.481 e. The van der Waals surface area contributed by atoms with Crippen LogP contribution in [0.25, 0.3) is 0 Å². The van der Waals surface area contributed by atoms with Crippen molar-refractivity contribution in [3.63, 3.8) is 0 Å². The van der Waals surface area contributed by atoms with Crippen molar-refractivity contribution in [2.75, 3.05) is 0 Å². The summed E-state index contributed by atoms with van der Waals surface area (Å²) in [5.74, 6) is -2.88. The predicted octanol–water partition coefficient (Wildman–Crippen LogP) is 3.64. The lowest BCUT2D eigenvalue weighted by Gasteiger charge is -2.15. The Kier molecular flexibility index (Phi) is 4.56. The van der Waals surface area contributed by atoms with Gasteiger partial charge in [0.05, 0.1) is 12.3 Å². The number of halogens is 4. The third kappa shape index (κ3) is 4.77. The Balaban J connectivity index is 2.81. The molecule has 0 aromatic heterocycles. The van der Waals surface area contributed by atoms with Gasteiger partial charge in [-0.2, -0.15) is 13.2 Å². The van der Waals surface area contributed by atoms with Crippen molar-refractivity contribution >= 4 is 21.9 Å². The fraction of sp³-hybridized carbons (Fsp3) is 0.364.